The van der Waals surface area contributed by atoms with Gasteiger partial charge in [0.15, 0.2) is 5.16 Å². The number of halogens is 1. The smallest absolute Gasteiger partial charge is 0.192 e. The molecule has 3 N–H and O–H groups in total. The Kier molecular flexibility index (Phi) is 6.38. The first kappa shape index (κ1) is 22.3. The summed E-state index contributed by atoms with van der Waals surface area (Å²) < 4.78 is 5.83. The Morgan fingerprint density at radius 1 is 1.18 bits per heavy atom. The van der Waals surface area contributed by atoms with Gasteiger partial charge >= 0.3 is 0 Å². The van der Waals surface area contributed by atoms with Crippen LogP contribution in [-0.4, -0.2) is 51.8 Å². The standard InChI is InChI=1S/C23H26ClN7OS/c1-15-21(25)23(13-32-15)6-9-31(10-7-23)16-11-27-22(28-12-16)33-18-4-2-3-17(20(18)24)30-19-5-8-26-14-29-19/h2-5,8,11-12,14-15,21H,6-7,9-10,13,25H2,1H3,(H,26,29,30)/t15-,21+/m0/s1. The van der Waals surface area contributed by atoms with Gasteiger partial charge in [-0.3, -0.25) is 0 Å². The van der Waals surface area contributed by atoms with Crippen LogP contribution in [0.1, 0.15) is 19.8 Å². The van der Waals surface area contributed by atoms with E-state index in [4.69, 9.17) is 22.1 Å². The van der Waals surface area contributed by atoms with Crippen LogP contribution < -0.4 is 16.0 Å². The second-order valence-corrected chi connectivity index (χ2v) is 9.94. The van der Waals surface area contributed by atoms with Gasteiger partial charge in [-0.1, -0.05) is 17.7 Å². The third-order valence-electron chi connectivity index (χ3n) is 6.59. The van der Waals surface area contributed by atoms with Crippen molar-refractivity contribution in [3.63, 3.8) is 0 Å². The first-order valence-corrected chi connectivity index (χ1v) is 12.2. The lowest BCUT2D eigenvalue weighted by Gasteiger charge is -2.41. The van der Waals surface area contributed by atoms with Crippen LogP contribution in [0.5, 0.6) is 0 Å². The molecule has 4 heterocycles. The summed E-state index contributed by atoms with van der Waals surface area (Å²) in [5, 5.41) is 4.46. The van der Waals surface area contributed by atoms with Crippen LogP contribution in [0.4, 0.5) is 17.2 Å². The summed E-state index contributed by atoms with van der Waals surface area (Å²) in [6.07, 6.45) is 9.12. The molecule has 2 atom stereocenters. The molecule has 0 amide bonds. The van der Waals surface area contributed by atoms with E-state index in [0.717, 1.165) is 48.8 Å². The summed E-state index contributed by atoms with van der Waals surface area (Å²) in [7, 11) is 0. The molecule has 1 spiro atoms. The molecule has 2 aliphatic rings. The van der Waals surface area contributed by atoms with Crippen molar-refractivity contribution in [1.82, 2.24) is 19.9 Å². The molecule has 8 nitrogen and oxygen atoms in total. The van der Waals surface area contributed by atoms with Crippen LogP contribution in [0.3, 0.4) is 0 Å². The number of hydrogen-bond donors (Lipinski definition) is 2. The summed E-state index contributed by atoms with van der Waals surface area (Å²) in [6, 6.07) is 7.69. The minimum atomic E-state index is 0.105. The van der Waals surface area contributed by atoms with Gasteiger partial charge in [0.25, 0.3) is 0 Å². The van der Waals surface area contributed by atoms with Crippen molar-refractivity contribution in [2.45, 2.75) is 42.0 Å². The molecule has 33 heavy (non-hydrogen) atoms. The maximum absolute atomic E-state index is 6.63. The fraction of sp³-hybridized carbons (Fsp3) is 0.391. The molecule has 0 radical (unpaired) electrons. The van der Waals surface area contributed by atoms with Crippen molar-refractivity contribution < 1.29 is 4.74 Å². The Labute approximate surface area is 202 Å². The van der Waals surface area contributed by atoms with Crippen LogP contribution in [-0.2, 0) is 4.74 Å². The molecule has 2 fully saturated rings. The molecule has 2 aromatic heterocycles. The predicted octanol–water partition coefficient (Wildman–Crippen LogP) is 4.15. The van der Waals surface area contributed by atoms with E-state index in [9.17, 15) is 0 Å². The number of nitrogens with two attached hydrogens (primary N) is 1. The van der Waals surface area contributed by atoms with Crippen LogP contribution in [0.2, 0.25) is 5.02 Å². The zero-order valence-electron chi connectivity index (χ0n) is 18.3. The molecule has 2 aliphatic heterocycles. The SMILES string of the molecule is C[C@@H]1OCC2(CCN(c3cnc(Sc4cccc(Nc5ccncn5)c4Cl)nc3)CC2)[C@@H]1N. The summed E-state index contributed by atoms with van der Waals surface area (Å²) in [6.45, 7) is 4.70. The molecule has 2 saturated heterocycles. The molecule has 1 aromatic carbocycles. The van der Waals surface area contributed by atoms with E-state index in [1.165, 1.54) is 18.1 Å². The predicted molar refractivity (Wildman–Crippen MR) is 130 cm³/mol. The normalized spacial score (nSPS) is 22.0. The molecule has 0 bridgehead atoms. The number of hydrogen-bond acceptors (Lipinski definition) is 9. The van der Waals surface area contributed by atoms with Crippen LogP contribution in [0.25, 0.3) is 0 Å². The number of piperidine rings is 1. The average molecular weight is 484 g/mol. The van der Waals surface area contributed by atoms with Crippen molar-refractivity contribution in [3.05, 3.63) is 54.2 Å². The average Bonchev–Trinajstić information content (AvgIpc) is 3.12. The van der Waals surface area contributed by atoms with Gasteiger partial charge in [-0.15, -0.1) is 0 Å². The van der Waals surface area contributed by atoms with Gasteiger partial charge in [0.1, 0.15) is 12.1 Å². The van der Waals surface area contributed by atoms with Crippen molar-refractivity contribution in [2.24, 2.45) is 11.1 Å². The lowest BCUT2D eigenvalue weighted by molar-refractivity contribution is 0.0974. The quantitative estimate of drug-likeness (QED) is 0.518. The van der Waals surface area contributed by atoms with Crippen molar-refractivity contribution in [1.29, 1.82) is 0 Å². The largest absolute Gasteiger partial charge is 0.376 e. The minimum absolute atomic E-state index is 0.105. The number of rotatable bonds is 5. The van der Waals surface area contributed by atoms with Gasteiger partial charge in [-0.2, -0.15) is 0 Å². The fourth-order valence-electron chi connectivity index (χ4n) is 4.50. The van der Waals surface area contributed by atoms with Crippen molar-refractivity contribution in [3.8, 4) is 0 Å². The van der Waals surface area contributed by atoms with E-state index < -0.39 is 0 Å². The van der Waals surface area contributed by atoms with Gasteiger partial charge in [0.2, 0.25) is 0 Å². The molecule has 5 rings (SSSR count). The molecule has 10 heteroatoms. The number of benzene rings is 1. The van der Waals surface area contributed by atoms with Gasteiger partial charge in [0, 0.05) is 35.6 Å². The zero-order chi connectivity index (χ0) is 22.8. The maximum atomic E-state index is 6.63. The maximum Gasteiger partial charge on any atom is 0.192 e. The highest BCUT2D eigenvalue weighted by Crippen LogP contribution is 2.42. The molecular formula is C23H26ClN7OS. The summed E-state index contributed by atoms with van der Waals surface area (Å²) in [5.41, 5.74) is 8.34. The van der Waals surface area contributed by atoms with E-state index in [1.54, 1.807) is 12.3 Å². The summed E-state index contributed by atoms with van der Waals surface area (Å²) in [5.74, 6) is 0.678. The number of aromatic nitrogens is 4. The van der Waals surface area contributed by atoms with Gasteiger partial charge in [-0.05, 0) is 49.7 Å². The van der Waals surface area contributed by atoms with Crippen LogP contribution in [0, 0.1) is 5.41 Å². The number of nitrogens with one attached hydrogen (secondary N) is 1. The summed E-state index contributed by atoms with van der Waals surface area (Å²) in [4.78, 5) is 20.5. The lowest BCUT2D eigenvalue weighted by Crippen LogP contribution is -2.50. The Balaban J connectivity index is 1.23. The van der Waals surface area contributed by atoms with Gasteiger partial charge in [0.05, 0.1) is 41.5 Å². The highest BCUT2D eigenvalue weighted by atomic mass is 35.5. The molecule has 0 unspecified atom stereocenters. The second-order valence-electron chi connectivity index (χ2n) is 8.55. The highest BCUT2D eigenvalue weighted by Gasteiger charge is 2.47. The van der Waals surface area contributed by atoms with Gasteiger partial charge in [-0.25, -0.2) is 19.9 Å². The third kappa shape index (κ3) is 4.63. The monoisotopic (exact) mass is 483 g/mol. The van der Waals surface area contributed by atoms with E-state index in [1.807, 2.05) is 30.6 Å². The molecule has 0 aliphatic carbocycles. The Bertz CT molecular complexity index is 1090. The molecule has 3 aromatic rings. The fourth-order valence-corrected chi connectivity index (χ4v) is 5.54. The second kappa shape index (κ2) is 9.42. The third-order valence-corrected chi connectivity index (χ3v) is 8.07. The first-order chi connectivity index (χ1) is 16.0. The zero-order valence-corrected chi connectivity index (χ0v) is 19.9. The van der Waals surface area contributed by atoms with E-state index in [-0.39, 0.29) is 17.6 Å². The lowest BCUT2D eigenvalue weighted by atomic mass is 9.73. The summed E-state index contributed by atoms with van der Waals surface area (Å²) >= 11 is 8.06. The molecular weight excluding hydrogens is 458 g/mol. The number of nitrogens with zero attached hydrogens (tertiary/aromatic N) is 5. The Morgan fingerprint density at radius 2 is 1.97 bits per heavy atom. The van der Waals surface area contributed by atoms with Crippen molar-refractivity contribution >= 4 is 40.6 Å². The highest BCUT2D eigenvalue weighted by molar-refractivity contribution is 7.99. The molecule has 0 saturated carbocycles. The van der Waals surface area contributed by atoms with Crippen molar-refractivity contribution in [2.75, 3.05) is 29.9 Å². The number of anilines is 3. The minimum Gasteiger partial charge on any atom is -0.376 e. The first-order valence-electron chi connectivity index (χ1n) is 11.0. The Morgan fingerprint density at radius 3 is 2.64 bits per heavy atom. The molecule has 172 valence electrons. The Hall–Kier alpha value is -2.46. The van der Waals surface area contributed by atoms with Crippen LogP contribution in [0.15, 0.2) is 59.2 Å². The van der Waals surface area contributed by atoms with E-state index >= 15 is 0 Å². The number of ether oxygens (including phenoxy) is 1. The topological polar surface area (TPSA) is 102 Å². The van der Waals surface area contributed by atoms with E-state index in [0.29, 0.717) is 16.0 Å². The van der Waals surface area contributed by atoms with Crippen LogP contribution >= 0.6 is 23.4 Å². The van der Waals surface area contributed by atoms with Gasteiger partial charge < -0.3 is 20.7 Å². The van der Waals surface area contributed by atoms with E-state index in [2.05, 4.69) is 37.1 Å².